The number of anilines is 2. The molecule has 7 heteroatoms. The van der Waals surface area contributed by atoms with Crippen molar-refractivity contribution in [2.75, 3.05) is 43.1 Å². The molecule has 138 valence electrons. The standard InChI is InChI=1S/C20H20N4O3/c1-27-15-6-4-5-14(13-15)23-9-11-24(12-10-23)19-17-8-3-2-7-16(17)18(20(25)26)21-22-19/h2-8,13H,9-12H2,1H3,(H,25,26). The quantitative estimate of drug-likeness (QED) is 0.762. The summed E-state index contributed by atoms with van der Waals surface area (Å²) in [6.07, 6.45) is 0. The van der Waals surface area contributed by atoms with Crippen LogP contribution in [0.3, 0.4) is 0 Å². The first-order chi connectivity index (χ1) is 13.2. The minimum atomic E-state index is -1.06. The Morgan fingerprint density at radius 1 is 0.963 bits per heavy atom. The second-order valence-electron chi connectivity index (χ2n) is 6.40. The van der Waals surface area contributed by atoms with Crippen LogP contribution in [0, 0.1) is 0 Å². The maximum atomic E-state index is 11.4. The number of fused-ring (bicyclic) bond motifs is 1. The summed E-state index contributed by atoms with van der Waals surface area (Å²) in [5, 5.41) is 19.0. The number of carboxylic acid groups (broad SMARTS) is 1. The van der Waals surface area contributed by atoms with Crippen LogP contribution >= 0.6 is 0 Å². The van der Waals surface area contributed by atoms with E-state index in [0.717, 1.165) is 48.8 Å². The zero-order valence-corrected chi connectivity index (χ0v) is 15.0. The molecule has 0 atom stereocenters. The Hall–Kier alpha value is -3.35. The molecule has 2 heterocycles. The first kappa shape index (κ1) is 17.1. The largest absolute Gasteiger partial charge is 0.497 e. The van der Waals surface area contributed by atoms with Crippen LogP contribution in [0.4, 0.5) is 11.5 Å². The molecule has 1 aromatic heterocycles. The van der Waals surface area contributed by atoms with Crippen LogP contribution in [0.15, 0.2) is 48.5 Å². The highest BCUT2D eigenvalue weighted by Gasteiger charge is 2.22. The fourth-order valence-electron chi connectivity index (χ4n) is 3.46. The molecule has 0 amide bonds. The van der Waals surface area contributed by atoms with E-state index in [1.807, 2.05) is 36.4 Å². The van der Waals surface area contributed by atoms with E-state index in [9.17, 15) is 9.90 Å². The van der Waals surface area contributed by atoms with Crippen molar-refractivity contribution in [3.8, 4) is 5.75 Å². The normalized spacial score (nSPS) is 14.4. The van der Waals surface area contributed by atoms with Crippen LogP contribution in [-0.4, -0.2) is 54.6 Å². The van der Waals surface area contributed by atoms with Gasteiger partial charge in [-0.15, -0.1) is 10.2 Å². The Labute approximate surface area is 156 Å². The fourth-order valence-corrected chi connectivity index (χ4v) is 3.46. The summed E-state index contributed by atoms with van der Waals surface area (Å²) >= 11 is 0. The van der Waals surface area contributed by atoms with Gasteiger partial charge in [-0.05, 0) is 12.1 Å². The number of aromatic nitrogens is 2. The van der Waals surface area contributed by atoms with Gasteiger partial charge in [0.25, 0.3) is 0 Å². The average molecular weight is 364 g/mol. The van der Waals surface area contributed by atoms with Crippen molar-refractivity contribution >= 4 is 28.2 Å². The van der Waals surface area contributed by atoms with Crippen LogP contribution in [0.25, 0.3) is 10.8 Å². The third-order valence-corrected chi connectivity index (χ3v) is 4.87. The highest BCUT2D eigenvalue weighted by atomic mass is 16.5. The van der Waals surface area contributed by atoms with Crippen molar-refractivity contribution in [3.05, 3.63) is 54.2 Å². The van der Waals surface area contributed by atoms with Crippen molar-refractivity contribution in [3.63, 3.8) is 0 Å². The predicted molar refractivity (Wildman–Crippen MR) is 104 cm³/mol. The number of hydrogen-bond donors (Lipinski definition) is 1. The third-order valence-electron chi connectivity index (χ3n) is 4.87. The Balaban J connectivity index is 1.58. The second kappa shape index (κ2) is 7.11. The minimum absolute atomic E-state index is 0.00985. The van der Waals surface area contributed by atoms with Gasteiger partial charge in [0.2, 0.25) is 0 Å². The van der Waals surface area contributed by atoms with Crippen LogP contribution in [-0.2, 0) is 0 Å². The smallest absolute Gasteiger partial charge is 0.357 e. The van der Waals surface area contributed by atoms with Gasteiger partial charge in [-0.1, -0.05) is 30.3 Å². The van der Waals surface area contributed by atoms with E-state index in [0.29, 0.717) is 5.39 Å². The summed E-state index contributed by atoms with van der Waals surface area (Å²) < 4.78 is 5.31. The Morgan fingerprint density at radius 3 is 2.37 bits per heavy atom. The lowest BCUT2D eigenvalue weighted by atomic mass is 10.1. The SMILES string of the molecule is COc1cccc(N2CCN(c3nnc(C(=O)O)c4ccccc34)CC2)c1. The zero-order valence-electron chi connectivity index (χ0n) is 15.0. The highest BCUT2D eigenvalue weighted by Crippen LogP contribution is 2.28. The lowest BCUT2D eigenvalue weighted by molar-refractivity contribution is 0.0691. The van der Waals surface area contributed by atoms with Gasteiger partial charge in [0.1, 0.15) is 5.75 Å². The molecule has 1 N–H and O–H groups in total. The molecule has 3 aromatic rings. The van der Waals surface area contributed by atoms with Gasteiger partial charge in [0, 0.05) is 48.7 Å². The van der Waals surface area contributed by atoms with E-state index >= 15 is 0 Å². The number of aromatic carboxylic acids is 1. The minimum Gasteiger partial charge on any atom is -0.497 e. The van der Waals surface area contributed by atoms with Crippen molar-refractivity contribution < 1.29 is 14.6 Å². The van der Waals surface area contributed by atoms with Gasteiger partial charge in [-0.2, -0.15) is 0 Å². The van der Waals surface area contributed by atoms with Gasteiger partial charge in [0.15, 0.2) is 11.5 Å². The molecule has 0 radical (unpaired) electrons. The molecule has 27 heavy (non-hydrogen) atoms. The number of carboxylic acids is 1. The Kier molecular flexibility index (Phi) is 4.50. The molecular formula is C20H20N4O3. The summed E-state index contributed by atoms with van der Waals surface area (Å²) in [5.41, 5.74) is 1.12. The first-order valence-electron chi connectivity index (χ1n) is 8.80. The summed E-state index contributed by atoms with van der Waals surface area (Å²) in [5.74, 6) is 0.519. The van der Waals surface area contributed by atoms with Crippen molar-refractivity contribution in [2.24, 2.45) is 0 Å². The number of benzene rings is 2. The lowest BCUT2D eigenvalue weighted by Gasteiger charge is -2.37. The number of hydrogen-bond acceptors (Lipinski definition) is 6. The van der Waals surface area contributed by atoms with Gasteiger partial charge in [0.05, 0.1) is 7.11 Å². The molecule has 0 aliphatic carbocycles. The first-order valence-corrected chi connectivity index (χ1v) is 8.80. The molecule has 0 bridgehead atoms. The van der Waals surface area contributed by atoms with Crippen molar-refractivity contribution in [1.82, 2.24) is 10.2 Å². The number of piperazine rings is 1. The molecule has 1 fully saturated rings. The molecule has 0 saturated carbocycles. The molecule has 2 aromatic carbocycles. The molecule has 1 aliphatic heterocycles. The second-order valence-corrected chi connectivity index (χ2v) is 6.40. The van der Waals surface area contributed by atoms with E-state index in [-0.39, 0.29) is 5.69 Å². The maximum Gasteiger partial charge on any atom is 0.357 e. The van der Waals surface area contributed by atoms with Gasteiger partial charge in [-0.25, -0.2) is 4.79 Å². The molecule has 1 saturated heterocycles. The number of methoxy groups -OCH3 is 1. The summed E-state index contributed by atoms with van der Waals surface area (Å²) in [6, 6.07) is 15.4. The van der Waals surface area contributed by atoms with Crippen LogP contribution in [0.5, 0.6) is 5.75 Å². The lowest BCUT2D eigenvalue weighted by Crippen LogP contribution is -2.47. The molecular weight excluding hydrogens is 344 g/mol. The fraction of sp³-hybridized carbons (Fsp3) is 0.250. The predicted octanol–water partition coefficient (Wildman–Crippen LogP) is 2.66. The van der Waals surface area contributed by atoms with Crippen molar-refractivity contribution in [1.29, 1.82) is 0 Å². The number of ether oxygens (including phenoxy) is 1. The Morgan fingerprint density at radius 2 is 1.67 bits per heavy atom. The average Bonchev–Trinajstić information content (AvgIpc) is 2.73. The Bertz CT molecular complexity index is 984. The van der Waals surface area contributed by atoms with Gasteiger partial charge < -0.3 is 19.6 Å². The van der Waals surface area contributed by atoms with E-state index in [4.69, 9.17) is 4.74 Å². The number of rotatable bonds is 4. The monoisotopic (exact) mass is 364 g/mol. The summed E-state index contributed by atoms with van der Waals surface area (Å²) in [4.78, 5) is 15.9. The molecule has 1 aliphatic rings. The van der Waals surface area contributed by atoms with Crippen LogP contribution in [0.2, 0.25) is 0 Å². The van der Waals surface area contributed by atoms with E-state index in [2.05, 4.69) is 26.1 Å². The maximum absolute atomic E-state index is 11.4. The summed E-state index contributed by atoms with van der Waals surface area (Å²) in [6.45, 7) is 3.23. The van der Waals surface area contributed by atoms with E-state index in [1.165, 1.54) is 0 Å². The number of carbonyl (C=O) groups is 1. The van der Waals surface area contributed by atoms with E-state index < -0.39 is 5.97 Å². The van der Waals surface area contributed by atoms with Crippen LogP contribution in [0.1, 0.15) is 10.5 Å². The van der Waals surface area contributed by atoms with E-state index in [1.54, 1.807) is 13.2 Å². The molecule has 0 spiro atoms. The third kappa shape index (κ3) is 3.23. The van der Waals surface area contributed by atoms with Crippen molar-refractivity contribution in [2.45, 2.75) is 0 Å². The summed E-state index contributed by atoms with van der Waals surface area (Å²) in [7, 11) is 1.67. The highest BCUT2D eigenvalue weighted by molar-refractivity contribution is 6.04. The van der Waals surface area contributed by atoms with Crippen LogP contribution < -0.4 is 14.5 Å². The topological polar surface area (TPSA) is 78.8 Å². The molecule has 4 rings (SSSR count). The molecule has 7 nitrogen and oxygen atoms in total. The van der Waals surface area contributed by atoms with Gasteiger partial charge >= 0.3 is 5.97 Å². The van der Waals surface area contributed by atoms with Gasteiger partial charge in [-0.3, -0.25) is 0 Å². The zero-order chi connectivity index (χ0) is 18.8. The number of nitrogens with zero attached hydrogens (tertiary/aromatic N) is 4. The molecule has 0 unspecified atom stereocenters.